The lowest BCUT2D eigenvalue weighted by Crippen LogP contribution is -2.51. The van der Waals surface area contributed by atoms with Gasteiger partial charge in [0, 0.05) is 56.8 Å². The molecule has 0 aromatic heterocycles. The summed E-state index contributed by atoms with van der Waals surface area (Å²) in [6, 6.07) is 8.68. The van der Waals surface area contributed by atoms with Gasteiger partial charge in [0.05, 0.1) is 6.54 Å². The summed E-state index contributed by atoms with van der Waals surface area (Å²) >= 11 is 1.19. The van der Waals surface area contributed by atoms with Crippen LogP contribution in [-0.2, 0) is 11.2 Å². The van der Waals surface area contributed by atoms with Gasteiger partial charge >= 0.3 is 5.97 Å². The Balaban J connectivity index is 2.21. The third kappa shape index (κ3) is 9.08. The summed E-state index contributed by atoms with van der Waals surface area (Å²) in [5.74, 6) is -0.757. The van der Waals surface area contributed by atoms with Crippen LogP contribution >= 0.6 is 11.8 Å². The highest BCUT2D eigenvalue weighted by molar-refractivity contribution is 8.03. The fourth-order valence-electron chi connectivity index (χ4n) is 4.33. The number of nitrogens with zero attached hydrogens (tertiary/aromatic N) is 5. The van der Waals surface area contributed by atoms with Gasteiger partial charge < -0.3 is 14.9 Å². The van der Waals surface area contributed by atoms with Crippen LogP contribution in [0.4, 0.5) is 0 Å². The summed E-state index contributed by atoms with van der Waals surface area (Å²) in [5.41, 5.74) is 1.27. The van der Waals surface area contributed by atoms with Crippen molar-refractivity contribution in [3.8, 4) is 5.40 Å². The van der Waals surface area contributed by atoms with E-state index >= 15 is 0 Å². The molecule has 2 rings (SSSR count). The largest absolute Gasteiger partial charge is 0.480 e. The number of thioether (sulfide) groups is 1. The van der Waals surface area contributed by atoms with Gasteiger partial charge in [-0.15, -0.1) is 0 Å². The molecule has 1 aromatic rings. The summed E-state index contributed by atoms with van der Waals surface area (Å²) in [6.45, 7) is 16.0. The Morgan fingerprint density at radius 2 is 1.56 bits per heavy atom. The molecular formula is C24H39N5O2S. The number of likely N-dealkylation sites (N-methyl/N-ethyl adjacent to an activating group) is 3. The van der Waals surface area contributed by atoms with Crippen molar-refractivity contribution in [2.45, 2.75) is 38.1 Å². The van der Waals surface area contributed by atoms with E-state index < -0.39 is 5.97 Å². The van der Waals surface area contributed by atoms with Crippen molar-refractivity contribution < 1.29 is 9.90 Å². The number of benzene rings is 1. The molecule has 8 heteroatoms. The molecule has 1 saturated heterocycles. The van der Waals surface area contributed by atoms with Crippen molar-refractivity contribution in [1.29, 1.82) is 5.26 Å². The maximum atomic E-state index is 11.4. The molecule has 178 valence electrons. The first-order valence-electron chi connectivity index (χ1n) is 11.8. The Morgan fingerprint density at radius 3 is 2.12 bits per heavy atom. The zero-order valence-corrected chi connectivity index (χ0v) is 20.7. The number of aliphatic carboxylic acids is 1. The Bertz CT molecular complexity index is 724. The van der Waals surface area contributed by atoms with Gasteiger partial charge in [0.15, 0.2) is 0 Å². The van der Waals surface area contributed by atoms with E-state index in [1.165, 1.54) is 17.3 Å². The molecule has 1 unspecified atom stereocenters. The molecule has 0 amide bonds. The molecular weight excluding hydrogens is 422 g/mol. The van der Waals surface area contributed by atoms with E-state index in [1.807, 2.05) is 12.1 Å². The number of rotatable bonds is 8. The Labute approximate surface area is 198 Å². The van der Waals surface area contributed by atoms with Crippen LogP contribution in [0.3, 0.4) is 0 Å². The standard InChI is InChI=1S/C24H39N5O2S/c1-4-26-11-13-27(5-2)18-22(17-21-7-9-23(10-8-21)32-20-25)29(6-3)16-15-28(14-12-26)19-24(30)31/h7-10,22H,4-6,11-19H2,1-3H3,(H,30,31). The van der Waals surface area contributed by atoms with E-state index in [0.29, 0.717) is 6.04 Å². The first-order valence-corrected chi connectivity index (χ1v) is 12.6. The fourth-order valence-corrected chi connectivity index (χ4v) is 4.71. The number of carboxylic acids is 1. The number of carbonyl (C=O) groups is 1. The molecule has 1 aliphatic rings. The van der Waals surface area contributed by atoms with Gasteiger partial charge in [0.25, 0.3) is 0 Å². The van der Waals surface area contributed by atoms with Crippen LogP contribution in [0.1, 0.15) is 26.3 Å². The van der Waals surface area contributed by atoms with E-state index in [1.54, 1.807) is 0 Å². The zero-order chi connectivity index (χ0) is 23.3. The minimum absolute atomic E-state index is 0.0961. The number of nitriles is 1. The first kappa shape index (κ1) is 26.6. The van der Waals surface area contributed by atoms with Gasteiger partial charge in [-0.1, -0.05) is 32.9 Å². The van der Waals surface area contributed by atoms with Crippen LogP contribution in [0.2, 0.25) is 0 Å². The van der Waals surface area contributed by atoms with Crippen LogP contribution in [0.5, 0.6) is 0 Å². The second kappa shape index (κ2) is 14.5. The topological polar surface area (TPSA) is 74.0 Å². The van der Waals surface area contributed by atoms with Gasteiger partial charge in [0.1, 0.15) is 5.40 Å². The molecule has 1 aliphatic heterocycles. The third-order valence-electron chi connectivity index (χ3n) is 6.37. The molecule has 0 radical (unpaired) electrons. The second-order valence-corrected chi connectivity index (χ2v) is 9.18. The molecule has 1 fully saturated rings. The summed E-state index contributed by atoms with van der Waals surface area (Å²) < 4.78 is 0. The van der Waals surface area contributed by atoms with E-state index in [-0.39, 0.29) is 6.54 Å². The minimum Gasteiger partial charge on any atom is -0.480 e. The lowest BCUT2D eigenvalue weighted by atomic mass is 10.0. The van der Waals surface area contributed by atoms with Gasteiger partial charge in [-0.05, 0) is 55.5 Å². The first-order chi connectivity index (χ1) is 15.5. The number of carboxylic acid groups (broad SMARTS) is 1. The molecule has 0 saturated carbocycles. The Morgan fingerprint density at radius 1 is 0.969 bits per heavy atom. The van der Waals surface area contributed by atoms with Crippen molar-refractivity contribution in [2.75, 3.05) is 72.0 Å². The van der Waals surface area contributed by atoms with Crippen molar-refractivity contribution in [1.82, 2.24) is 19.6 Å². The summed E-state index contributed by atoms with van der Waals surface area (Å²) in [5, 5.41) is 20.4. The van der Waals surface area contributed by atoms with Gasteiger partial charge in [0.2, 0.25) is 0 Å². The number of hydrogen-bond acceptors (Lipinski definition) is 7. The van der Waals surface area contributed by atoms with Crippen LogP contribution < -0.4 is 0 Å². The number of thiocyanates is 1. The summed E-state index contributed by atoms with van der Waals surface area (Å²) in [4.78, 5) is 21.9. The predicted molar refractivity (Wildman–Crippen MR) is 131 cm³/mol. The lowest BCUT2D eigenvalue weighted by molar-refractivity contribution is -0.138. The van der Waals surface area contributed by atoms with Gasteiger partial charge in [-0.25, -0.2) is 0 Å². The quantitative estimate of drug-likeness (QED) is 0.468. The predicted octanol–water partition coefficient (Wildman–Crippen LogP) is 2.54. The van der Waals surface area contributed by atoms with Crippen molar-refractivity contribution in [2.24, 2.45) is 0 Å². The maximum absolute atomic E-state index is 11.4. The smallest absolute Gasteiger partial charge is 0.317 e. The van der Waals surface area contributed by atoms with E-state index in [2.05, 4.69) is 57.9 Å². The van der Waals surface area contributed by atoms with E-state index in [9.17, 15) is 9.90 Å². The maximum Gasteiger partial charge on any atom is 0.317 e. The van der Waals surface area contributed by atoms with Crippen LogP contribution in [0.15, 0.2) is 29.2 Å². The summed E-state index contributed by atoms with van der Waals surface area (Å²) in [7, 11) is 0. The molecule has 7 nitrogen and oxygen atoms in total. The number of hydrogen-bond donors (Lipinski definition) is 1. The molecule has 0 bridgehead atoms. The lowest BCUT2D eigenvalue weighted by Gasteiger charge is -2.38. The molecule has 1 heterocycles. The highest BCUT2D eigenvalue weighted by Crippen LogP contribution is 2.19. The van der Waals surface area contributed by atoms with E-state index in [4.69, 9.17) is 5.26 Å². The van der Waals surface area contributed by atoms with Crippen LogP contribution in [0.25, 0.3) is 0 Å². The highest BCUT2D eigenvalue weighted by Gasteiger charge is 2.23. The Kier molecular flexibility index (Phi) is 12.1. The zero-order valence-electron chi connectivity index (χ0n) is 19.9. The minimum atomic E-state index is -0.757. The molecule has 0 spiro atoms. The average molecular weight is 462 g/mol. The molecule has 1 atom stereocenters. The SMILES string of the molecule is CCN1CCN(CC(=O)O)CCN(CC)C(Cc2ccc(SC#N)cc2)CN(CC)CC1. The van der Waals surface area contributed by atoms with Gasteiger partial charge in [-0.3, -0.25) is 14.6 Å². The summed E-state index contributed by atoms with van der Waals surface area (Å²) in [6.07, 6.45) is 0.943. The highest BCUT2D eigenvalue weighted by atomic mass is 32.2. The average Bonchev–Trinajstić information content (AvgIpc) is 2.78. The van der Waals surface area contributed by atoms with Crippen molar-refractivity contribution in [3.63, 3.8) is 0 Å². The van der Waals surface area contributed by atoms with Crippen molar-refractivity contribution in [3.05, 3.63) is 29.8 Å². The molecule has 0 aliphatic carbocycles. The van der Waals surface area contributed by atoms with E-state index in [0.717, 1.165) is 76.8 Å². The molecule has 1 N–H and O–H groups in total. The molecule has 1 aromatic carbocycles. The molecule has 32 heavy (non-hydrogen) atoms. The fraction of sp³-hybridized carbons (Fsp3) is 0.667. The second-order valence-electron chi connectivity index (χ2n) is 8.32. The van der Waals surface area contributed by atoms with Crippen LogP contribution in [0, 0.1) is 10.7 Å². The monoisotopic (exact) mass is 461 g/mol. The van der Waals surface area contributed by atoms with Gasteiger partial charge in [-0.2, -0.15) is 5.26 Å². The Hall–Kier alpha value is -1.63. The van der Waals surface area contributed by atoms with Crippen molar-refractivity contribution >= 4 is 17.7 Å². The van der Waals surface area contributed by atoms with Crippen LogP contribution in [-0.4, -0.2) is 109 Å². The third-order valence-corrected chi connectivity index (χ3v) is 6.97. The normalized spacial score (nSPS) is 20.9.